The van der Waals surface area contributed by atoms with Gasteiger partial charge in [0.1, 0.15) is 0 Å². The van der Waals surface area contributed by atoms with Gasteiger partial charge in [-0.1, -0.05) is 13.0 Å². The summed E-state index contributed by atoms with van der Waals surface area (Å²) in [5.74, 6) is 0. The van der Waals surface area contributed by atoms with E-state index >= 15 is 0 Å². The lowest BCUT2D eigenvalue weighted by Crippen LogP contribution is -2.32. The van der Waals surface area contributed by atoms with Crippen molar-refractivity contribution >= 4 is 28.7 Å². The van der Waals surface area contributed by atoms with Gasteiger partial charge in [-0.25, -0.2) is 0 Å². The highest BCUT2D eigenvalue weighted by Gasteiger charge is 2.09. The maximum absolute atomic E-state index is 5.40. The van der Waals surface area contributed by atoms with Gasteiger partial charge in [-0.15, -0.1) is 11.3 Å². The van der Waals surface area contributed by atoms with Crippen molar-refractivity contribution in [3.05, 3.63) is 22.4 Å². The number of hydrogen-bond acceptors (Lipinski definition) is 2. The van der Waals surface area contributed by atoms with E-state index in [0.29, 0.717) is 5.11 Å². The number of thiophene rings is 1. The van der Waals surface area contributed by atoms with Crippen LogP contribution in [0.5, 0.6) is 0 Å². The van der Waals surface area contributed by atoms with Crippen LogP contribution in [0.25, 0.3) is 0 Å². The van der Waals surface area contributed by atoms with Crippen molar-refractivity contribution in [3.8, 4) is 0 Å². The molecule has 0 aliphatic heterocycles. The normalized spacial score (nSPS) is 12.4. The quantitative estimate of drug-likeness (QED) is 0.733. The molecule has 1 aromatic rings. The van der Waals surface area contributed by atoms with Crippen LogP contribution in [0.2, 0.25) is 0 Å². The smallest absolute Gasteiger partial charge is 0.164 e. The Morgan fingerprint density at radius 2 is 2.58 bits per heavy atom. The molecule has 1 atom stereocenters. The monoisotopic (exact) mass is 200 g/mol. The van der Waals surface area contributed by atoms with Gasteiger partial charge in [-0.3, -0.25) is 0 Å². The first-order valence-corrected chi connectivity index (χ1v) is 5.12. The van der Waals surface area contributed by atoms with Gasteiger partial charge in [0.25, 0.3) is 0 Å². The molecule has 3 N–H and O–H groups in total. The first-order valence-electron chi connectivity index (χ1n) is 3.83. The summed E-state index contributed by atoms with van der Waals surface area (Å²) in [7, 11) is 0. The highest BCUT2D eigenvalue weighted by atomic mass is 32.1. The van der Waals surface area contributed by atoms with Crippen LogP contribution >= 0.6 is 23.6 Å². The molecule has 0 saturated carbocycles. The Bertz CT molecular complexity index is 244. The van der Waals surface area contributed by atoms with E-state index in [0.717, 1.165) is 6.42 Å². The highest BCUT2D eigenvalue weighted by Crippen LogP contribution is 2.21. The van der Waals surface area contributed by atoms with Gasteiger partial charge >= 0.3 is 0 Å². The van der Waals surface area contributed by atoms with E-state index in [1.54, 1.807) is 11.3 Å². The van der Waals surface area contributed by atoms with Crippen LogP contribution in [-0.4, -0.2) is 5.11 Å². The third-order valence-electron chi connectivity index (χ3n) is 1.61. The molecule has 0 fully saturated rings. The SMILES string of the molecule is CCC(NC(N)=S)c1cccs1. The third-order valence-corrected chi connectivity index (χ3v) is 2.72. The van der Waals surface area contributed by atoms with Crippen molar-refractivity contribution in [2.75, 3.05) is 0 Å². The van der Waals surface area contributed by atoms with Gasteiger partial charge in [0, 0.05) is 4.88 Å². The fourth-order valence-corrected chi connectivity index (χ4v) is 2.04. The minimum atomic E-state index is 0.280. The van der Waals surface area contributed by atoms with Gasteiger partial charge in [0.2, 0.25) is 0 Å². The second kappa shape index (κ2) is 4.42. The second-order valence-electron chi connectivity index (χ2n) is 2.48. The Kier molecular flexibility index (Phi) is 3.49. The maximum Gasteiger partial charge on any atom is 0.164 e. The summed E-state index contributed by atoms with van der Waals surface area (Å²) in [4.78, 5) is 1.28. The minimum absolute atomic E-state index is 0.280. The third kappa shape index (κ3) is 2.46. The molecule has 66 valence electrons. The van der Waals surface area contributed by atoms with E-state index in [9.17, 15) is 0 Å². The average Bonchev–Trinajstić information content (AvgIpc) is 2.51. The summed E-state index contributed by atoms with van der Waals surface area (Å²) in [5, 5.41) is 5.48. The lowest BCUT2D eigenvalue weighted by molar-refractivity contribution is 0.638. The van der Waals surface area contributed by atoms with E-state index in [2.05, 4.69) is 23.7 Å². The zero-order valence-corrected chi connectivity index (χ0v) is 8.54. The van der Waals surface area contributed by atoms with E-state index in [4.69, 9.17) is 18.0 Å². The fourth-order valence-electron chi connectivity index (χ4n) is 1.04. The molecule has 1 heterocycles. The average molecular weight is 200 g/mol. The Morgan fingerprint density at radius 1 is 1.83 bits per heavy atom. The Labute approximate surface area is 81.8 Å². The van der Waals surface area contributed by atoms with Crippen molar-refractivity contribution in [2.24, 2.45) is 5.73 Å². The molecular formula is C8H12N2S2. The van der Waals surface area contributed by atoms with Gasteiger partial charge in [-0.05, 0) is 30.1 Å². The molecule has 0 bridgehead atoms. The predicted molar refractivity (Wildman–Crippen MR) is 57.3 cm³/mol. The summed E-state index contributed by atoms with van der Waals surface area (Å²) in [6.07, 6.45) is 0.998. The van der Waals surface area contributed by atoms with Crippen molar-refractivity contribution in [1.29, 1.82) is 0 Å². The number of nitrogens with one attached hydrogen (secondary N) is 1. The number of rotatable bonds is 3. The van der Waals surface area contributed by atoms with E-state index in [1.165, 1.54) is 4.88 Å². The summed E-state index contributed by atoms with van der Waals surface area (Å²) >= 11 is 6.50. The largest absolute Gasteiger partial charge is 0.376 e. The number of thiocarbonyl (C=S) groups is 1. The number of nitrogens with two attached hydrogens (primary N) is 1. The second-order valence-corrected chi connectivity index (χ2v) is 3.90. The highest BCUT2D eigenvalue weighted by molar-refractivity contribution is 7.80. The first-order chi connectivity index (χ1) is 5.74. The molecule has 2 nitrogen and oxygen atoms in total. The van der Waals surface area contributed by atoms with Crippen LogP contribution in [0.15, 0.2) is 17.5 Å². The topological polar surface area (TPSA) is 38.0 Å². The molecule has 1 rings (SSSR count). The zero-order chi connectivity index (χ0) is 8.97. The lowest BCUT2D eigenvalue weighted by atomic mass is 10.2. The first kappa shape index (κ1) is 9.48. The number of hydrogen-bond donors (Lipinski definition) is 2. The van der Waals surface area contributed by atoms with Crippen molar-refractivity contribution in [2.45, 2.75) is 19.4 Å². The Morgan fingerprint density at radius 3 is 3.00 bits per heavy atom. The molecule has 0 aromatic carbocycles. The van der Waals surface area contributed by atoms with E-state index in [-0.39, 0.29) is 6.04 Å². The Hall–Kier alpha value is -0.610. The molecule has 0 radical (unpaired) electrons. The van der Waals surface area contributed by atoms with Crippen LogP contribution in [0, 0.1) is 0 Å². The molecule has 0 amide bonds. The van der Waals surface area contributed by atoms with Crippen LogP contribution in [0.4, 0.5) is 0 Å². The van der Waals surface area contributed by atoms with Crippen molar-refractivity contribution < 1.29 is 0 Å². The Balaban J connectivity index is 2.63. The van der Waals surface area contributed by atoms with Crippen LogP contribution in [0.3, 0.4) is 0 Å². The standard InChI is InChI=1S/C8H12N2S2/c1-2-6(10-8(9)11)7-4-3-5-12-7/h3-6H,2H2,1H3,(H3,9,10,11). The predicted octanol–water partition coefficient (Wildman–Crippen LogP) is 2.03. The van der Waals surface area contributed by atoms with E-state index < -0.39 is 0 Å². The molecule has 0 aliphatic rings. The van der Waals surface area contributed by atoms with Gasteiger partial charge in [-0.2, -0.15) is 0 Å². The molecule has 1 aromatic heterocycles. The summed E-state index contributed by atoms with van der Waals surface area (Å²) in [6, 6.07) is 4.40. The van der Waals surface area contributed by atoms with Gasteiger partial charge in [0.05, 0.1) is 6.04 Å². The van der Waals surface area contributed by atoms with Gasteiger partial charge < -0.3 is 11.1 Å². The molecule has 4 heteroatoms. The minimum Gasteiger partial charge on any atom is -0.376 e. The summed E-state index contributed by atoms with van der Waals surface area (Å²) in [5.41, 5.74) is 5.40. The zero-order valence-electron chi connectivity index (χ0n) is 6.91. The molecule has 0 spiro atoms. The van der Waals surface area contributed by atoms with Crippen molar-refractivity contribution in [3.63, 3.8) is 0 Å². The van der Waals surface area contributed by atoms with Crippen LogP contribution < -0.4 is 11.1 Å². The molecule has 1 unspecified atom stereocenters. The summed E-state index contributed by atoms with van der Waals surface area (Å²) in [6.45, 7) is 2.11. The maximum atomic E-state index is 5.40. The molecule has 0 aliphatic carbocycles. The molecular weight excluding hydrogens is 188 g/mol. The molecule has 0 saturated heterocycles. The van der Waals surface area contributed by atoms with Crippen LogP contribution in [-0.2, 0) is 0 Å². The van der Waals surface area contributed by atoms with E-state index in [1.807, 2.05) is 6.07 Å². The van der Waals surface area contributed by atoms with Gasteiger partial charge in [0.15, 0.2) is 5.11 Å². The fraction of sp³-hybridized carbons (Fsp3) is 0.375. The van der Waals surface area contributed by atoms with Crippen LogP contribution in [0.1, 0.15) is 24.3 Å². The summed E-state index contributed by atoms with van der Waals surface area (Å²) < 4.78 is 0. The van der Waals surface area contributed by atoms with Crippen molar-refractivity contribution in [1.82, 2.24) is 5.32 Å². The lowest BCUT2D eigenvalue weighted by Gasteiger charge is -2.14. The molecule has 12 heavy (non-hydrogen) atoms.